The minimum absolute atomic E-state index is 0.600. The third-order valence-corrected chi connectivity index (χ3v) is 2.66. The number of ether oxygens (including phenoxy) is 1. The lowest BCUT2D eigenvalue weighted by molar-refractivity contribution is -0.154. The maximum Gasteiger partial charge on any atom is 0.492 e. The first kappa shape index (κ1) is 10.5. The molecule has 1 aromatic rings. The van der Waals surface area contributed by atoms with Gasteiger partial charge in [0, 0.05) is 0 Å². The lowest BCUT2D eigenvalue weighted by Gasteiger charge is -2.21. The van der Waals surface area contributed by atoms with E-state index in [0.29, 0.717) is 5.75 Å². The molecule has 2 aliphatic rings. The van der Waals surface area contributed by atoms with E-state index in [2.05, 4.69) is 9.73 Å². The fraction of sp³-hybridized carbons (Fsp3) is 0.125. The summed E-state index contributed by atoms with van der Waals surface area (Å²) in [5.74, 6) is 0.600. The van der Waals surface area contributed by atoms with Gasteiger partial charge < -0.3 is 14.5 Å². The molecule has 0 amide bonds. The maximum atomic E-state index is 10.7. The molecule has 2 aliphatic heterocycles. The molecule has 3 rings (SSSR count). The highest BCUT2D eigenvalue weighted by Gasteiger charge is 2.41. The number of hydroxylamine groups is 1. The zero-order valence-corrected chi connectivity index (χ0v) is 9.27. The molecule has 0 aromatic heterocycles. The van der Waals surface area contributed by atoms with Crippen LogP contribution in [0.1, 0.15) is 0 Å². The van der Waals surface area contributed by atoms with Crippen LogP contribution in [0.5, 0.6) is 5.75 Å². The van der Waals surface area contributed by atoms with Crippen molar-refractivity contribution in [3.63, 3.8) is 0 Å². The van der Waals surface area contributed by atoms with Gasteiger partial charge in [-0.15, -0.1) is 9.73 Å². The molecule has 9 heteroatoms. The summed E-state index contributed by atoms with van der Waals surface area (Å²) in [6, 6.07) is 7.18. The van der Waals surface area contributed by atoms with Gasteiger partial charge in [0.1, 0.15) is 12.1 Å². The van der Waals surface area contributed by atoms with Crippen LogP contribution in [0.25, 0.3) is 0 Å². The molecule has 0 saturated heterocycles. The Morgan fingerprint density at radius 1 is 1.41 bits per heavy atom. The van der Waals surface area contributed by atoms with Crippen molar-refractivity contribution in [1.29, 1.82) is 0 Å². The second-order valence-corrected chi connectivity index (χ2v) is 4.57. The first-order valence-electron chi connectivity index (χ1n) is 4.67. The number of fused-ring (bicyclic) bond motifs is 3. The summed E-state index contributed by atoms with van der Waals surface area (Å²) in [5, 5.41) is 4.44. The highest BCUT2D eigenvalue weighted by atomic mass is 31.2. The third kappa shape index (κ3) is 1.77. The zero-order chi connectivity index (χ0) is 12.0. The van der Waals surface area contributed by atoms with Crippen LogP contribution in [-0.4, -0.2) is 27.6 Å². The molecule has 1 unspecified atom stereocenters. The summed E-state index contributed by atoms with van der Waals surface area (Å²) in [6.45, 7) is 0. The third-order valence-electron chi connectivity index (χ3n) is 2.28. The van der Waals surface area contributed by atoms with E-state index in [4.69, 9.17) is 14.5 Å². The molecule has 2 heterocycles. The van der Waals surface area contributed by atoms with Gasteiger partial charge in [-0.25, -0.2) is 4.57 Å². The van der Waals surface area contributed by atoms with Crippen LogP contribution in [0.4, 0.5) is 5.69 Å². The van der Waals surface area contributed by atoms with Crippen molar-refractivity contribution >= 4 is 19.8 Å². The summed E-state index contributed by atoms with van der Waals surface area (Å²) in [5.41, 5.74) is 0.762. The number of hydrogen-bond acceptors (Lipinski definition) is 6. The molecule has 0 aliphatic carbocycles. The van der Waals surface area contributed by atoms with Gasteiger partial charge in [-0.3, -0.25) is 4.90 Å². The highest BCUT2D eigenvalue weighted by Crippen LogP contribution is 2.44. The van der Waals surface area contributed by atoms with E-state index in [9.17, 15) is 4.57 Å². The molecule has 1 atom stereocenters. The Balaban J connectivity index is 1.86. The molecule has 17 heavy (non-hydrogen) atoms. The van der Waals surface area contributed by atoms with Gasteiger partial charge in [0.15, 0.2) is 0 Å². The quantitative estimate of drug-likeness (QED) is 0.743. The number of nitrogens with zero attached hydrogens (tertiary/aromatic N) is 3. The van der Waals surface area contributed by atoms with Crippen LogP contribution in [-0.2, 0) is 9.19 Å². The molecule has 0 saturated carbocycles. The molecular formula is C8H8N3O5P. The predicted octanol–water partition coefficient (Wildman–Crippen LogP) is 0.452. The van der Waals surface area contributed by atoms with E-state index < -0.39 is 14.2 Å². The lowest BCUT2D eigenvalue weighted by atomic mass is 10.3. The fourth-order valence-corrected chi connectivity index (χ4v) is 2.00. The SMILES string of the molecule is O=P(O)(O)ON1N=CN2c3ccccc3OC12. The summed E-state index contributed by atoms with van der Waals surface area (Å²) in [7, 11) is -4.65. The van der Waals surface area contributed by atoms with Gasteiger partial charge in [0.2, 0.25) is 0 Å². The summed E-state index contributed by atoms with van der Waals surface area (Å²) < 4.78 is 20.6. The lowest BCUT2D eigenvalue weighted by Crippen LogP contribution is -2.39. The molecular weight excluding hydrogens is 249 g/mol. The van der Waals surface area contributed by atoms with Crippen molar-refractivity contribution in [3.8, 4) is 5.75 Å². The van der Waals surface area contributed by atoms with Crippen LogP contribution in [0, 0.1) is 0 Å². The van der Waals surface area contributed by atoms with Crippen molar-refractivity contribution < 1.29 is 23.7 Å². The van der Waals surface area contributed by atoms with Gasteiger partial charge in [-0.2, -0.15) is 0 Å². The van der Waals surface area contributed by atoms with Gasteiger partial charge in [-0.05, 0) is 12.1 Å². The Hall–Kier alpha value is -1.60. The van der Waals surface area contributed by atoms with Crippen molar-refractivity contribution in [1.82, 2.24) is 5.17 Å². The smallest absolute Gasteiger partial charge is 0.446 e. The number of para-hydroxylation sites is 2. The number of anilines is 1. The first-order chi connectivity index (χ1) is 8.04. The Bertz CT molecular complexity index is 530. The van der Waals surface area contributed by atoms with Crippen molar-refractivity contribution in [2.24, 2.45) is 5.10 Å². The molecule has 1 aromatic carbocycles. The van der Waals surface area contributed by atoms with Crippen LogP contribution >= 0.6 is 7.82 Å². The van der Waals surface area contributed by atoms with E-state index in [1.165, 1.54) is 6.34 Å². The van der Waals surface area contributed by atoms with E-state index in [1.54, 1.807) is 17.0 Å². The topological polar surface area (TPSA) is 94.8 Å². The van der Waals surface area contributed by atoms with Crippen LogP contribution in [0.3, 0.4) is 0 Å². The average molecular weight is 257 g/mol. The van der Waals surface area contributed by atoms with E-state index in [-0.39, 0.29) is 0 Å². The number of phosphoric acid groups is 1. The van der Waals surface area contributed by atoms with Crippen molar-refractivity contribution in [2.75, 3.05) is 4.90 Å². The molecule has 0 radical (unpaired) electrons. The minimum Gasteiger partial charge on any atom is -0.446 e. The molecule has 0 fully saturated rings. The van der Waals surface area contributed by atoms with Gasteiger partial charge in [-0.1, -0.05) is 17.3 Å². The Labute approximate surface area is 95.9 Å². The minimum atomic E-state index is -4.65. The average Bonchev–Trinajstić information content (AvgIpc) is 2.77. The van der Waals surface area contributed by atoms with Crippen LogP contribution in [0.2, 0.25) is 0 Å². The Morgan fingerprint density at radius 2 is 2.18 bits per heavy atom. The standard InChI is InChI=1S/C8H8N3O5P/c12-17(13,14)16-11-8-10(5-9-11)6-3-1-2-4-7(6)15-8/h1-5,8H,(H2,12,13,14). The zero-order valence-electron chi connectivity index (χ0n) is 8.37. The fourth-order valence-electron chi connectivity index (χ4n) is 1.66. The van der Waals surface area contributed by atoms with Gasteiger partial charge in [0.05, 0.1) is 5.69 Å². The number of rotatable bonds is 2. The first-order valence-corrected chi connectivity index (χ1v) is 6.20. The van der Waals surface area contributed by atoms with Gasteiger partial charge in [0.25, 0.3) is 6.35 Å². The van der Waals surface area contributed by atoms with E-state index in [0.717, 1.165) is 10.9 Å². The highest BCUT2D eigenvalue weighted by molar-refractivity contribution is 7.46. The van der Waals surface area contributed by atoms with Gasteiger partial charge >= 0.3 is 7.82 Å². The molecule has 8 nitrogen and oxygen atoms in total. The summed E-state index contributed by atoms with van der Waals surface area (Å²) >= 11 is 0. The maximum absolute atomic E-state index is 10.7. The second-order valence-electron chi connectivity index (χ2n) is 3.42. The van der Waals surface area contributed by atoms with E-state index in [1.807, 2.05) is 12.1 Å². The molecule has 2 N–H and O–H groups in total. The summed E-state index contributed by atoms with van der Waals surface area (Å²) in [6.07, 6.45) is 0.562. The second kappa shape index (κ2) is 3.44. The molecule has 90 valence electrons. The number of hydrogen-bond donors (Lipinski definition) is 2. The van der Waals surface area contributed by atoms with E-state index >= 15 is 0 Å². The largest absolute Gasteiger partial charge is 0.492 e. The van der Waals surface area contributed by atoms with Crippen LogP contribution < -0.4 is 9.64 Å². The van der Waals surface area contributed by atoms with Crippen LogP contribution in [0.15, 0.2) is 29.4 Å². The molecule has 0 bridgehead atoms. The number of benzene rings is 1. The number of hydrazone groups is 1. The normalized spacial score (nSPS) is 21.4. The monoisotopic (exact) mass is 257 g/mol. The van der Waals surface area contributed by atoms with Crippen molar-refractivity contribution in [2.45, 2.75) is 6.35 Å². The summed E-state index contributed by atoms with van der Waals surface area (Å²) in [4.78, 5) is 19.0. The predicted molar refractivity (Wildman–Crippen MR) is 56.8 cm³/mol. The molecule has 0 spiro atoms. The Kier molecular flexibility index (Phi) is 2.14. The Morgan fingerprint density at radius 3 is 2.94 bits per heavy atom. The van der Waals surface area contributed by atoms with Crippen molar-refractivity contribution in [3.05, 3.63) is 24.3 Å².